The number of amides is 1. The van der Waals surface area contributed by atoms with Crippen LogP contribution in [0.5, 0.6) is 5.75 Å². The summed E-state index contributed by atoms with van der Waals surface area (Å²) < 4.78 is 5.50. The minimum atomic E-state index is 0.0889. The average molecular weight is 367 g/mol. The number of rotatable bonds is 7. The maximum atomic E-state index is 12.2. The number of carbonyl (C=O) groups excluding carboxylic acids is 1. The molecule has 5 nitrogen and oxygen atoms in total. The molecule has 5 heteroatoms. The number of nitrogens with zero attached hydrogens (tertiary/aromatic N) is 2. The van der Waals surface area contributed by atoms with Crippen molar-refractivity contribution in [3.8, 4) is 5.75 Å². The molecule has 1 fully saturated rings. The Bertz CT molecular complexity index is 737. The molecule has 1 amide bonds. The van der Waals surface area contributed by atoms with Crippen LogP contribution in [0.4, 0.5) is 5.69 Å². The zero-order chi connectivity index (χ0) is 19.1. The monoisotopic (exact) mass is 367 g/mol. The number of nitrogens with one attached hydrogen (secondary N) is 1. The fraction of sp³-hybridized carbons (Fsp3) is 0.409. The van der Waals surface area contributed by atoms with Crippen LogP contribution in [0.1, 0.15) is 18.1 Å². The number of benzene rings is 2. The molecule has 1 heterocycles. The van der Waals surface area contributed by atoms with E-state index in [2.05, 4.69) is 46.3 Å². The van der Waals surface area contributed by atoms with Gasteiger partial charge in [-0.3, -0.25) is 9.69 Å². The van der Waals surface area contributed by atoms with Gasteiger partial charge in [-0.2, -0.15) is 0 Å². The molecule has 1 saturated heterocycles. The van der Waals surface area contributed by atoms with Gasteiger partial charge in [-0.05, 0) is 43.7 Å². The van der Waals surface area contributed by atoms with Crippen LogP contribution in [-0.2, 0) is 11.3 Å². The molecule has 144 valence electrons. The smallest absolute Gasteiger partial charge is 0.234 e. The summed E-state index contributed by atoms with van der Waals surface area (Å²) in [5.41, 5.74) is 3.57. The molecule has 1 aliphatic heterocycles. The quantitative estimate of drug-likeness (QED) is 0.817. The van der Waals surface area contributed by atoms with E-state index in [1.54, 1.807) is 0 Å². The fourth-order valence-corrected chi connectivity index (χ4v) is 3.37. The van der Waals surface area contributed by atoms with Gasteiger partial charge in [0.1, 0.15) is 5.75 Å². The first-order valence-corrected chi connectivity index (χ1v) is 9.66. The Morgan fingerprint density at radius 3 is 2.48 bits per heavy atom. The lowest BCUT2D eigenvalue weighted by Gasteiger charge is -2.35. The van der Waals surface area contributed by atoms with Crippen molar-refractivity contribution in [3.63, 3.8) is 0 Å². The van der Waals surface area contributed by atoms with Gasteiger partial charge in [-0.1, -0.05) is 29.8 Å². The number of ether oxygens (including phenoxy) is 1. The Balaban J connectivity index is 1.41. The molecule has 27 heavy (non-hydrogen) atoms. The molecule has 2 aromatic rings. The van der Waals surface area contributed by atoms with Crippen LogP contribution in [-0.4, -0.2) is 50.1 Å². The first kappa shape index (κ1) is 19.2. The normalized spacial score (nSPS) is 14.8. The number of hydrogen-bond acceptors (Lipinski definition) is 4. The van der Waals surface area contributed by atoms with Gasteiger partial charge in [0.25, 0.3) is 0 Å². The molecule has 0 bridgehead atoms. The predicted octanol–water partition coefficient (Wildman–Crippen LogP) is 2.83. The molecule has 0 saturated carbocycles. The number of piperazine rings is 1. The molecule has 2 aromatic carbocycles. The Morgan fingerprint density at radius 2 is 1.81 bits per heavy atom. The van der Waals surface area contributed by atoms with Crippen molar-refractivity contribution in [1.29, 1.82) is 0 Å². The maximum Gasteiger partial charge on any atom is 0.234 e. The van der Waals surface area contributed by atoms with E-state index in [4.69, 9.17) is 4.74 Å². The second-order valence-electron chi connectivity index (χ2n) is 6.96. The van der Waals surface area contributed by atoms with Gasteiger partial charge in [-0.25, -0.2) is 0 Å². The lowest BCUT2D eigenvalue weighted by molar-refractivity contribution is -0.122. The first-order chi connectivity index (χ1) is 13.1. The second kappa shape index (κ2) is 9.42. The molecule has 0 spiro atoms. The summed E-state index contributed by atoms with van der Waals surface area (Å²) in [7, 11) is 0. The zero-order valence-electron chi connectivity index (χ0n) is 16.3. The van der Waals surface area contributed by atoms with Crippen LogP contribution in [0.25, 0.3) is 0 Å². The third kappa shape index (κ3) is 5.73. The number of aryl methyl sites for hydroxylation is 1. The lowest BCUT2D eigenvalue weighted by Crippen LogP contribution is -2.49. The second-order valence-corrected chi connectivity index (χ2v) is 6.96. The molecule has 0 radical (unpaired) electrons. The SMILES string of the molecule is CCOc1ccc(N2CCN(CC(=O)NCc3cccc(C)c3)CC2)cc1. The highest BCUT2D eigenvalue weighted by molar-refractivity contribution is 5.78. The lowest BCUT2D eigenvalue weighted by atomic mass is 10.1. The van der Waals surface area contributed by atoms with Crippen LogP contribution < -0.4 is 15.0 Å². The minimum Gasteiger partial charge on any atom is -0.494 e. The van der Waals surface area contributed by atoms with Crippen LogP contribution in [0.2, 0.25) is 0 Å². The molecular formula is C22H29N3O2. The molecule has 3 rings (SSSR count). The van der Waals surface area contributed by atoms with E-state index >= 15 is 0 Å². The standard InChI is InChI=1S/C22H29N3O2/c1-3-27-21-9-7-20(8-10-21)25-13-11-24(12-14-25)17-22(26)23-16-19-6-4-5-18(2)15-19/h4-10,15H,3,11-14,16-17H2,1-2H3,(H,23,26). The van der Waals surface area contributed by atoms with Crippen molar-refractivity contribution in [2.75, 3.05) is 44.2 Å². The van der Waals surface area contributed by atoms with Crippen LogP contribution in [0.3, 0.4) is 0 Å². The van der Waals surface area contributed by atoms with Crippen molar-refractivity contribution in [1.82, 2.24) is 10.2 Å². The van der Waals surface area contributed by atoms with Gasteiger partial charge < -0.3 is 15.0 Å². The van der Waals surface area contributed by atoms with Gasteiger partial charge in [0.15, 0.2) is 0 Å². The van der Waals surface area contributed by atoms with E-state index in [-0.39, 0.29) is 5.91 Å². The molecule has 1 N–H and O–H groups in total. The summed E-state index contributed by atoms with van der Waals surface area (Å²) in [6.45, 7) is 9.44. The third-order valence-electron chi connectivity index (χ3n) is 4.82. The molecule has 0 atom stereocenters. The summed E-state index contributed by atoms with van der Waals surface area (Å²) >= 11 is 0. The molecular weight excluding hydrogens is 338 g/mol. The molecule has 0 aromatic heterocycles. The van der Waals surface area contributed by atoms with E-state index in [0.29, 0.717) is 19.7 Å². The predicted molar refractivity (Wildman–Crippen MR) is 109 cm³/mol. The first-order valence-electron chi connectivity index (χ1n) is 9.66. The molecule has 0 unspecified atom stereocenters. The van der Waals surface area contributed by atoms with Gasteiger partial charge in [-0.15, -0.1) is 0 Å². The summed E-state index contributed by atoms with van der Waals surface area (Å²) in [5, 5.41) is 3.03. The Hall–Kier alpha value is -2.53. The van der Waals surface area contributed by atoms with Crippen molar-refractivity contribution in [2.24, 2.45) is 0 Å². The number of hydrogen-bond donors (Lipinski definition) is 1. The number of anilines is 1. The van der Waals surface area contributed by atoms with E-state index in [9.17, 15) is 4.79 Å². The van der Waals surface area contributed by atoms with Crippen LogP contribution in [0.15, 0.2) is 48.5 Å². The Labute approximate surface area is 161 Å². The maximum absolute atomic E-state index is 12.2. The van der Waals surface area contributed by atoms with Gasteiger partial charge in [0.05, 0.1) is 13.2 Å². The van der Waals surface area contributed by atoms with Gasteiger partial charge >= 0.3 is 0 Å². The van der Waals surface area contributed by atoms with E-state index in [1.165, 1.54) is 11.3 Å². The molecule has 1 aliphatic rings. The van der Waals surface area contributed by atoms with Gasteiger partial charge in [0.2, 0.25) is 5.91 Å². The summed E-state index contributed by atoms with van der Waals surface area (Å²) in [4.78, 5) is 16.8. The van der Waals surface area contributed by atoms with Crippen molar-refractivity contribution >= 4 is 11.6 Å². The third-order valence-corrected chi connectivity index (χ3v) is 4.82. The topological polar surface area (TPSA) is 44.8 Å². The highest BCUT2D eigenvalue weighted by atomic mass is 16.5. The van der Waals surface area contributed by atoms with E-state index < -0.39 is 0 Å². The summed E-state index contributed by atoms with van der Waals surface area (Å²) in [5.74, 6) is 0.996. The Kier molecular flexibility index (Phi) is 6.71. The highest BCUT2D eigenvalue weighted by Gasteiger charge is 2.19. The van der Waals surface area contributed by atoms with Gasteiger partial charge in [0, 0.05) is 38.4 Å². The Morgan fingerprint density at radius 1 is 1.07 bits per heavy atom. The van der Waals surface area contributed by atoms with E-state index in [1.807, 2.05) is 31.2 Å². The van der Waals surface area contributed by atoms with Crippen molar-refractivity contribution in [2.45, 2.75) is 20.4 Å². The largest absolute Gasteiger partial charge is 0.494 e. The zero-order valence-corrected chi connectivity index (χ0v) is 16.3. The van der Waals surface area contributed by atoms with E-state index in [0.717, 1.165) is 37.5 Å². The van der Waals surface area contributed by atoms with Crippen molar-refractivity contribution in [3.05, 3.63) is 59.7 Å². The molecule has 0 aliphatic carbocycles. The number of carbonyl (C=O) groups is 1. The fourth-order valence-electron chi connectivity index (χ4n) is 3.37. The average Bonchev–Trinajstić information content (AvgIpc) is 2.68. The summed E-state index contributed by atoms with van der Waals surface area (Å²) in [6, 6.07) is 16.5. The summed E-state index contributed by atoms with van der Waals surface area (Å²) in [6.07, 6.45) is 0. The van der Waals surface area contributed by atoms with Crippen LogP contribution in [0, 0.1) is 6.92 Å². The highest BCUT2D eigenvalue weighted by Crippen LogP contribution is 2.20. The van der Waals surface area contributed by atoms with Crippen LogP contribution >= 0.6 is 0 Å². The van der Waals surface area contributed by atoms with Crippen molar-refractivity contribution < 1.29 is 9.53 Å². The minimum absolute atomic E-state index is 0.0889.